The zero-order chi connectivity index (χ0) is 30.8. The van der Waals surface area contributed by atoms with E-state index in [0.29, 0.717) is 50.8 Å². The first-order chi connectivity index (χ1) is 20.4. The van der Waals surface area contributed by atoms with E-state index in [1.54, 1.807) is 16.8 Å². The van der Waals surface area contributed by atoms with Gasteiger partial charge >= 0.3 is 12.1 Å². The molecule has 0 unspecified atom stereocenters. The molecule has 1 N–H and O–H groups in total. The molecule has 10 nitrogen and oxygen atoms in total. The van der Waals surface area contributed by atoms with E-state index in [1.165, 1.54) is 11.3 Å². The van der Waals surface area contributed by atoms with Gasteiger partial charge in [-0.05, 0) is 76.8 Å². The molecule has 11 heteroatoms. The Morgan fingerprint density at radius 2 is 1.77 bits per heavy atom. The number of thiazole rings is 1. The van der Waals surface area contributed by atoms with Gasteiger partial charge in [-0.1, -0.05) is 29.5 Å². The summed E-state index contributed by atoms with van der Waals surface area (Å²) in [6.45, 7) is 12.0. The Balaban J connectivity index is 1.32. The summed E-state index contributed by atoms with van der Waals surface area (Å²) in [4.78, 5) is 44.2. The summed E-state index contributed by atoms with van der Waals surface area (Å²) in [5.74, 6) is 0. The number of nitrogens with one attached hydrogen (secondary N) is 1. The normalized spacial score (nSPS) is 17.0. The summed E-state index contributed by atoms with van der Waals surface area (Å²) in [5.41, 5.74) is 4.54. The quantitative estimate of drug-likeness (QED) is 0.357. The number of rotatable bonds is 4. The molecule has 2 saturated heterocycles. The van der Waals surface area contributed by atoms with Crippen molar-refractivity contribution in [2.75, 3.05) is 45.2 Å². The third kappa shape index (κ3) is 7.40. The molecule has 2 aliphatic rings. The summed E-state index contributed by atoms with van der Waals surface area (Å²) >= 11 is 1.45. The fraction of sp³-hybridized carbons (Fsp3) is 0.469. The van der Waals surface area contributed by atoms with Crippen LogP contribution in [0, 0.1) is 13.8 Å². The Morgan fingerprint density at radius 3 is 2.44 bits per heavy atom. The number of nitrogens with zero attached hydrogens (tertiary/aromatic N) is 5. The van der Waals surface area contributed by atoms with Gasteiger partial charge in [0.15, 0.2) is 5.13 Å². The van der Waals surface area contributed by atoms with Crippen LogP contribution >= 0.6 is 11.3 Å². The maximum atomic E-state index is 13.4. The number of hydrogen-bond donors (Lipinski definition) is 1. The van der Waals surface area contributed by atoms with Crippen LogP contribution in [0.2, 0.25) is 0 Å². The van der Waals surface area contributed by atoms with Gasteiger partial charge in [0.25, 0.3) is 0 Å². The zero-order valence-electron chi connectivity index (χ0n) is 25.8. The number of pyridine rings is 1. The largest absolute Gasteiger partial charge is 0.444 e. The maximum Gasteiger partial charge on any atom is 0.410 e. The molecule has 0 atom stereocenters. The van der Waals surface area contributed by atoms with Crippen LogP contribution in [0.1, 0.15) is 50.6 Å². The third-order valence-corrected chi connectivity index (χ3v) is 8.50. The van der Waals surface area contributed by atoms with Crippen molar-refractivity contribution in [3.63, 3.8) is 0 Å². The minimum atomic E-state index is -0.554. The maximum absolute atomic E-state index is 13.4. The van der Waals surface area contributed by atoms with Gasteiger partial charge in [0.05, 0.1) is 29.3 Å². The monoisotopic (exact) mass is 604 g/mol. The van der Waals surface area contributed by atoms with Crippen LogP contribution in [0.3, 0.4) is 0 Å². The van der Waals surface area contributed by atoms with Crippen LogP contribution < -0.4 is 5.32 Å². The van der Waals surface area contributed by atoms with Crippen LogP contribution in [-0.4, -0.2) is 89.1 Å². The number of amides is 3. The number of aliphatic imine (C=N–C) groups is 1. The summed E-state index contributed by atoms with van der Waals surface area (Å²) in [6, 6.07) is 11.9. The molecule has 43 heavy (non-hydrogen) atoms. The fourth-order valence-corrected chi connectivity index (χ4v) is 6.53. The van der Waals surface area contributed by atoms with Crippen molar-refractivity contribution < 1.29 is 19.1 Å². The van der Waals surface area contributed by atoms with Crippen LogP contribution in [0.25, 0.3) is 21.7 Å². The van der Waals surface area contributed by atoms with E-state index in [-0.39, 0.29) is 12.1 Å². The van der Waals surface area contributed by atoms with Gasteiger partial charge in [0.2, 0.25) is 0 Å². The Kier molecular flexibility index (Phi) is 8.84. The number of anilines is 1. The van der Waals surface area contributed by atoms with Gasteiger partial charge in [0, 0.05) is 49.8 Å². The molecule has 2 aliphatic heterocycles. The van der Waals surface area contributed by atoms with E-state index in [0.717, 1.165) is 38.6 Å². The molecular weight excluding hydrogens is 564 g/mol. The van der Waals surface area contributed by atoms with E-state index in [1.807, 2.05) is 77.2 Å². The molecule has 228 valence electrons. The lowest BCUT2D eigenvalue weighted by Crippen LogP contribution is -2.59. The summed E-state index contributed by atoms with van der Waals surface area (Å²) in [5, 5.41) is 3.58. The molecular formula is C32H40N6O4S. The standard InChI is InChI=1S/C32H40N6O4S/c1-21-16-25(17-22(2)34-21)27-26(24-9-7-8-23(18-24)19-33-6)35-28(43-27)36-29(39)37-12-10-32(11-13-37)20-38(14-15-41-32)30(40)42-31(3,4)5/h7-9,16-19H,10-15,20H2,1-6H3,(H,35,36,39). The minimum absolute atomic E-state index is 0.199. The SMILES string of the molecule is CN=Cc1cccc(-c2nc(NC(=O)N3CCC4(CC3)CN(C(=O)OC(C)(C)C)CCO4)sc2-c2cc(C)nc(C)c2)c1. The summed E-state index contributed by atoms with van der Waals surface area (Å²) < 4.78 is 11.8. The lowest BCUT2D eigenvalue weighted by atomic mass is 9.89. The Bertz CT molecular complexity index is 1500. The number of morpholine rings is 1. The third-order valence-electron chi connectivity index (χ3n) is 7.48. The topological polar surface area (TPSA) is 109 Å². The van der Waals surface area contributed by atoms with Crippen LogP contribution in [0.15, 0.2) is 41.4 Å². The van der Waals surface area contributed by atoms with Gasteiger partial charge in [-0.2, -0.15) is 0 Å². The number of hydrogen-bond acceptors (Lipinski definition) is 8. The van der Waals surface area contributed by atoms with Crippen molar-refractivity contribution in [2.24, 2.45) is 4.99 Å². The molecule has 5 rings (SSSR count). The zero-order valence-corrected chi connectivity index (χ0v) is 26.6. The number of carbonyl (C=O) groups is 2. The molecule has 4 heterocycles. The lowest BCUT2D eigenvalue weighted by Gasteiger charge is -2.47. The number of aryl methyl sites for hydroxylation is 2. The second-order valence-corrected chi connectivity index (χ2v) is 13.2. The number of aromatic nitrogens is 2. The first-order valence-electron chi connectivity index (χ1n) is 14.6. The average molecular weight is 605 g/mol. The molecule has 2 aromatic heterocycles. The summed E-state index contributed by atoms with van der Waals surface area (Å²) in [7, 11) is 1.75. The second kappa shape index (κ2) is 12.4. The number of ether oxygens (including phenoxy) is 2. The van der Waals surface area contributed by atoms with Gasteiger partial charge < -0.3 is 19.3 Å². The molecule has 0 radical (unpaired) electrons. The molecule has 2 fully saturated rings. The molecule has 3 aromatic rings. The molecule has 0 aliphatic carbocycles. The predicted octanol–water partition coefficient (Wildman–Crippen LogP) is 6.17. The van der Waals surface area contributed by atoms with E-state index in [2.05, 4.69) is 15.3 Å². The smallest absolute Gasteiger partial charge is 0.410 e. The Labute approximate surface area is 257 Å². The van der Waals surface area contributed by atoms with Crippen molar-refractivity contribution in [2.45, 2.75) is 58.7 Å². The first kappa shape index (κ1) is 30.6. The number of benzene rings is 1. The van der Waals surface area contributed by atoms with Crippen molar-refractivity contribution >= 4 is 34.8 Å². The fourth-order valence-electron chi connectivity index (χ4n) is 5.56. The minimum Gasteiger partial charge on any atom is -0.444 e. The van der Waals surface area contributed by atoms with E-state index in [4.69, 9.17) is 14.5 Å². The van der Waals surface area contributed by atoms with Crippen molar-refractivity contribution in [1.29, 1.82) is 0 Å². The van der Waals surface area contributed by atoms with Crippen LogP contribution in [-0.2, 0) is 9.47 Å². The van der Waals surface area contributed by atoms with E-state index in [9.17, 15) is 9.59 Å². The number of likely N-dealkylation sites (tertiary alicyclic amines) is 1. The van der Waals surface area contributed by atoms with Crippen LogP contribution in [0.4, 0.5) is 14.7 Å². The van der Waals surface area contributed by atoms with Gasteiger partial charge in [-0.25, -0.2) is 14.6 Å². The van der Waals surface area contributed by atoms with E-state index < -0.39 is 11.2 Å². The first-order valence-corrected chi connectivity index (χ1v) is 15.4. The number of carbonyl (C=O) groups excluding carboxylic acids is 2. The molecule has 3 amide bonds. The average Bonchev–Trinajstić information content (AvgIpc) is 3.36. The molecule has 0 bridgehead atoms. The second-order valence-electron chi connectivity index (χ2n) is 12.2. The van der Waals surface area contributed by atoms with Gasteiger partial charge in [0.1, 0.15) is 5.60 Å². The molecule has 1 aromatic carbocycles. The van der Waals surface area contributed by atoms with Crippen molar-refractivity contribution in [3.05, 3.63) is 53.3 Å². The van der Waals surface area contributed by atoms with Crippen LogP contribution in [0.5, 0.6) is 0 Å². The Morgan fingerprint density at radius 1 is 1.05 bits per heavy atom. The highest BCUT2D eigenvalue weighted by Gasteiger charge is 2.42. The van der Waals surface area contributed by atoms with Crippen molar-refractivity contribution in [1.82, 2.24) is 19.8 Å². The molecule has 1 spiro atoms. The highest BCUT2D eigenvalue weighted by atomic mass is 32.1. The predicted molar refractivity (Wildman–Crippen MR) is 170 cm³/mol. The highest BCUT2D eigenvalue weighted by Crippen LogP contribution is 2.40. The summed E-state index contributed by atoms with van der Waals surface area (Å²) in [6.07, 6.45) is 2.76. The molecule has 0 saturated carbocycles. The van der Waals surface area contributed by atoms with Crippen molar-refractivity contribution in [3.8, 4) is 21.7 Å². The van der Waals surface area contributed by atoms with E-state index >= 15 is 0 Å². The highest BCUT2D eigenvalue weighted by molar-refractivity contribution is 7.19. The van der Waals surface area contributed by atoms with Gasteiger partial charge in [-0.3, -0.25) is 15.3 Å². The number of urea groups is 1. The lowest BCUT2D eigenvalue weighted by molar-refractivity contribution is -0.129. The number of piperidine rings is 1. The van der Waals surface area contributed by atoms with Gasteiger partial charge in [-0.15, -0.1) is 0 Å². The Hall–Kier alpha value is -3.83.